The molecule has 1 saturated carbocycles. The zero-order chi connectivity index (χ0) is 14.8. The SMILES string of the molecule is O=C(Cc1csc(NC(=O)[C@H]2CCC(=O)N2)n1)NC1CC1. The fraction of sp³-hybridized carbons (Fsp3) is 0.538. The van der Waals surface area contributed by atoms with Crippen LogP contribution in [0.25, 0.3) is 0 Å². The molecule has 1 saturated heterocycles. The van der Waals surface area contributed by atoms with Crippen LogP contribution in [0.1, 0.15) is 31.4 Å². The lowest BCUT2D eigenvalue weighted by molar-refractivity contribution is -0.122. The topological polar surface area (TPSA) is 100 Å². The molecule has 2 aliphatic rings. The van der Waals surface area contributed by atoms with Crippen LogP contribution >= 0.6 is 11.3 Å². The Hall–Kier alpha value is -1.96. The van der Waals surface area contributed by atoms with Crippen LogP contribution < -0.4 is 16.0 Å². The lowest BCUT2D eigenvalue weighted by Crippen LogP contribution is -2.37. The Labute approximate surface area is 125 Å². The summed E-state index contributed by atoms with van der Waals surface area (Å²) in [6, 6.07) is -0.149. The van der Waals surface area contributed by atoms with Crippen LogP contribution in [0.3, 0.4) is 0 Å². The van der Waals surface area contributed by atoms with E-state index < -0.39 is 6.04 Å². The summed E-state index contributed by atoms with van der Waals surface area (Å²) in [6.45, 7) is 0. The molecule has 3 N–H and O–H groups in total. The number of thiazole rings is 1. The van der Waals surface area contributed by atoms with Gasteiger partial charge in [-0.25, -0.2) is 4.98 Å². The van der Waals surface area contributed by atoms with Crippen LogP contribution in [-0.2, 0) is 20.8 Å². The van der Waals surface area contributed by atoms with Gasteiger partial charge >= 0.3 is 0 Å². The standard InChI is InChI=1S/C13H16N4O3S/c18-10-4-3-9(16-10)12(20)17-13-15-8(6-21-13)5-11(19)14-7-1-2-7/h6-7,9H,1-5H2,(H,14,19)(H,16,18)(H,15,17,20)/t9-/m1/s1. The molecule has 8 heteroatoms. The first-order valence-corrected chi connectivity index (χ1v) is 7.82. The van der Waals surface area contributed by atoms with E-state index in [-0.39, 0.29) is 24.1 Å². The van der Waals surface area contributed by atoms with E-state index in [0.29, 0.717) is 29.7 Å². The van der Waals surface area contributed by atoms with Crippen molar-refractivity contribution in [2.75, 3.05) is 5.32 Å². The number of carbonyl (C=O) groups is 3. The maximum Gasteiger partial charge on any atom is 0.248 e. The van der Waals surface area contributed by atoms with Gasteiger partial charge in [0.05, 0.1) is 12.1 Å². The van der Waals surface area contributed by atoms with Crippen molar-refractivity contribution >= 4 is 34.2 Å². The fourth-order valence-electron chi connectivity index (χ4n) is 2.12. The quantitative estimate of drug-likeness (QED) is 0.722. The largest absolute Gasteiger partial charge is 0.353 e. The molecule has 1 aliphatic carbocycles. The minimum Gasteiger partial charge on any atom is -0.353 e. The highest BCUT2D eigenvalue weighted by molar-refractivity contribution is 7.13. The Kier molecular flexibility index (Phi) is 3.87. The first kappa shape index (κ1) is 14.0. The minimum atomic E-state index is -0.483. The van der Waals surface area contributed by atoms with Crippen LogP contribution in [0.4, 0.5) is 5.13 Å². The molecule has 1 atom stereocenters. The van der Waals surface area contributed by atoms with E-state index in [2.05, 4.69) is 20.9 Å². The molecule has 2 heterocycles. The maximum absolute atomic E-state index is 11.9. The number of hydrogen-bond acceptors (Lipinski definition) is 5. The first-order valence-electron chi connectivity index (χ1n) is 6.94. The number of carbonyl (C=O) groups excluding carboxylic acids is 3. The summed E-state index contributed by atoms with van der Waals surface area (Å²) in [6.07, 6.45) is 3.21. The van der Waals surface area contributed by atoms with Crippen LogP contribution in [0, 0.1) is 0 Å². The van der Waals surface area contributed by atoms with Crippen molar-refractivity contribution in [3.8, 4) is 0 Å². The van der Waals surface area contributed by atoms with Gasteiger partial charge in [-0.05, 0) is 19.3 Å². The van der Waals surface area contributed by atoms with Crippen LogP contribution in [-0.4, -0.2) is 34.8 Å². The zero-order valence-electron chi connectivity index (χ0n) is 11.3. The first-order chi connectivity index (χ1) is 10.1. The fourth-order valence-corrected chi connectivity index (χ4v) is 2.83. The lowest BCUT2D eigenvalue weighted by Gasteiger charge is -2.08. The smallest absolute Gasteiger partial charge is 0.248 e. The molecule has 1 aliphatic heterocycles. The molecule has 3 amide bonds. The van der Waals surface area contributed by atoms with Gasteiger partial charge in [-0.3, -0.25) is 14.4 Å². The van der Waals surface area contributed by atoms with E-state index in [4.69, 9.17) is 0 Å². The van der Waals surface area contributed by atoms with Gasteiger partial charge in [-0.15, -0.1) is 11.3 Å². The summed E-state index contributed by atoms with van der Waals surface area (Å²) < 4.78 is 0. The Morgan fingerprint density at radius 3 is 2.86 bits per heavy atom. The molecular formula is C13H16N4O3S. The van der Waals surface area contributed by atoms with Crippen LogP contribution in [0.15, 0.2) is 5.38 Å². The predicted octanol–water partition coefficient (Wildman–Crippen LogP) is 0.181. The number of nitrogens with zero attached hydrogens (tertiary/aromatic N) is 1. The van der Waals surface area contributed by atoms with Crippen molar-refractivity contribution in [3.05, 3.63) is 11.1 Å². The average Bonchev–Trinajstić information content (AvgIpc) is 2.95. The number of hydrogen-bond donors (Lipinski definition) is 3. The number of nitrogens with one attached hydrogen (secondary N) is 3. The van der Waals surface area contributed by atoms with Gasteiger partial charge in [-0.2, -0.15) is 0 Å². The van der Waals surface area contributed by atoms with E-state index in [0.717, 1.165) is 12.8 Å². The van der Waals surface area contributed by atoms with Gasteiger partial charge in [0.15, 0.2) is 5.13 Å². The highest BCUT2D eigenvalue weighted by Gasteiger charge is 2.28. The second-order valence-corrected chi connectivity index (χ2v) is 6.17. The van der Waals surface area contributed by atoms with E-state index in [1.165, 1.54) is 11.3 Å². The van der Waals surface area contributed by atoms with Crippen molar-refractivity contribution in [1.29, 1.82) is 0 Å². The third kappa shape index (κ3) is 3.78. The summed E-state index contributed by atoms with van der Waals surface area (Å²) in [5, 5.41) is 10.4. The molecule has 7 nitrogen and oxygen atoms in total. The average molecular weight is 308 g/mol. The summed E-state index contributed by atoms with van der Waals surface area (Å²) in [7, 11) is 0. The molecule has 3 rings (SSSR count). The van der Waals surface area contributed by atoms with Crippen molar-refractivity contribution in [3.63, 3.8) is 0 Å². The Morgan fingerprint density at radius 1 is 1.38 bits per heavy atom. The molecule has 0 unspecified atom stereocenters. The van der Waals surface area contributed by atoms with Gasteiger partial charge in [0.1, 0.15) is 6.04 Å². The molecule has 112 valence electrons. The molecule has 0 radical (unpaired) electrons. The normalized spacial score (nSPS) is 21.0. The number of rotatable bonds is 5. The van der Waals surface area contributed by atoms with E-state index in [1.807, 2.05) is 0 Å². The second-order valence-electron chi connectivity index (χ2n) is 5.31. The third-order valence-electron chi connectivity index (χ3n) is 3.38. The summed E-state index contributed by atoms with van der Waals surface area (Å²) >= 11 is 1.28. The summed E-state index contributed by atoms with van der Waals surface area (Å²) in [4.78, 5) is 38.9. The predicted molar refractivity (Wildman–Crippen MR) is 76.8 cm³/mol. The van der Waals surface area contributed by atoms with Crippen molar-refractivity contribution in [2.45, 2.75) is 44.2 Å². The van der Waals surface area contributed by atoms with E-state index >= 15 is 0 Å². The molecule has 0 aromatic carbocycles. The lowest BCUT2D eigenvalue weighted by atomic mass is 10.2. The molecular weight excluding hydrogens is 292 g/mol. The van der Waals surface area contributed by atoms with Gasteiger partial charge in [-0.1, -0.05) is 0 Å². The van der Waals surface area contributed by atoms with Gasteiger partial charge in [0.2, 0.25) is 17.7 Å². The Balaban J connectivity index is 1.51. The molecule has 21 heavy (non-hydrogen) atoms. The van der Waals surface area contributed by atoms with Gasteiger partial charge in [0, 0.05) is 17.8 Å². The second kappa shape index (κ2) is 5.80. The van der Waals surface area contributed by atoms with E-state index in [1.54, 1.807) is 5.38 Å². The summed E-state index contributed by atoms with van der Waals surface area (Å²) in [5.74, 6) is -0.403. The van der Waals surface area contributed by atoms with Crippen LogP contribution in [0.2, 0.25) is 0 Å². The number of aromatic nitrogens is 1. The van der Waals surface area contributed by atoms with Crippen molar-refractivity contribution in [2.24, 2.45) is 0 Å². The molecule has 1 aromatic heterocycles. The third-order valence-corrected chi connectivity index (χ3v) is 4.18. The van der Waals surface area contributed by atoms with Gasteiger partial charge in [0.25, 0.3) is 0 Å². The van der Waals surface area contributed by atoms with Crippen LogP contribution in [0.5, 0.6) is 0 Å². The Bertz CT molecular complexity index is 582. The molecule has 0 bridgehead atoms. The highest BCUT2D eigenvalue weighted by Crippen LogP contribution is 2.20. The van der Waals surface area contributed by atoms with Gasteiger partial charge < -0.3 is 16.0 Å². The van der Waals surface area contributed by atoms with E-state index in [9.17, 15) is 14.4 Å². The molecule has 0 spiro atoms. The Morgan fingerprint density at radius 2 is 2.19 bits per heavy atom. The summed E-state index contributed by atoms with van der Waals surface area (Å²) in [5.41, 5.74) is 0.643. The molecule has 2 fully saturated rings. The zero-order valence-corrected chi connectivity index (χ0v) is 12.2. The number of amides is 3. The highest BCUT2D eigenvalue weighted by atomic mass is 32.1. The van der Waals surface area contributed by atoms with Crippen molar-refractivity contribution in [1.82, 2.24) is 15.6 Å². The molecule has 1 aromatic rings. The number of anilines is 1. The minimum absolute atomic E-state index is 0.0382. The van der Waals surface area contributed by atoms with Crippen molar-refractivity contribution < 1.29 is 14.4 Å². The maximum atomic E-state index is 11.9. The monoisotopic (exact) mass is 308 g/mol.